The van der Waals surface area contributed by atoms with Gasteiger partial charge in [-0.1, -0.05) is 0 Å². The van der Waals surface area contributed by atoms with Crippen LogP contribution in [0.3, 0.4) is 0 Å². The minimum Gasteiger partial charge on any atom is -0.299 e. The van der Waals surface area contributed by atoms with Crippen LogP contribution in [0.25, 0.3) is 0 Å². The smallest absolute Gasteiger partial charge is 0.146 e. The molecular formula is C8H10O2. The average molecular weight is 138 g/mol. The third-order valence-corrected chi connectivity index (χ3v) is 2.66. The predicted octanol–water partition coefficient (Wildman–Crippen LogP) is 0.800. The Morgan fingerprint density at radius 2 is 2.10 bits per heavy atom. The fourth-order valence-electron chi connectivity index (χ4n) is 1.74. The molecule has 2 aliphatic carbocycles. The Kier molecular flexibility index (Phi) is 1.02. The van der Waals surface area contributed by atoms with E-state index in [2.05, 4.69) is 0 Å². The first-order valence-corrected chi connectivity index (χ1v) is 3.76. The third-order valence-electron chi connectivity index (χ3n) is 2.66. The van der Waals surface area contributed by atoms with Crippen molar-refractivity contribution in [3.8, 4) is 0 Å². The number of ketones is 2. The van der Waals surface area contributed by atoms with E-state index in [1.165, 1.54) is 0 Å². The molecule has 0 saturated heterocycles. The van der Waals surface area contributed by atoms with Crippen LogP contribution in [0.15, 0.2) is 0 Å². The van der Waals surface area contributed by atoms with Crippen LogP contribution in [0.1, 0.15) is 19.8 Å². The molecule has 0 bridgehead atoms. The maximum atomic E-state index is 11.2. The van der Waals surface area contributed by atoms with Gasteiger partial charge in [0.25, 0.3) is 0 Å². The molecule has 3 unspecified atom stereocenters. The van der Waals surface area contributed by atoms with E-state index in [9.17, 15) is 9.59 Å². The van der Waals surface area contributed by atoms with E-state index >= 15 is 0 Å². The van der Waals surface area contributed by atoms with Crippen LogP contribution in [-0.2, 0) is 9.59 Å². The number of hydrogen-bond donors (Lipinski definition) is 0. The van der Waals surface area contributed by atoms with Crippen LogP contribution in [0.2, 0.25) is 0 Å². The second-order valence-corrected chi connectivity index (χ2v) is 3.40. The second kappa shape index (κ2) is 1.68. The molecule has 2 heteroatoms. The number of fused-ring (bicyclic) bond motifs is 1. The maximum Gasteiger partial charge on any atom is 0.146 e. The summed E-state index contributed by atoms with van der Waals surface area (Å²) in [5, 5.41) is 0. The van der Waals surface area contributed by atoms with Crippen LogP contribution in [0.4, 0.5) is 0 Å². The molecule has 0 aliphatic heterocycles. The van der Waals surface area contributed by atoms with Gasteiger partial charge in [0, 0.05) is 12.3 Å². The minimum atomic E-state index is -0.288. The van der Waals surface area contributed by atoms with Crippen molar-refractivity contribution >= 4 is 11.6 Å². The van der Waals surface area contributed by atoms with E-state index in [-0.39, 0.29) is 23.4 Å². The van der Waals surface area contributed by atoms with Gasteiger partial charge in [-0.2, -0.15) is 0 Å². The van der Waals surface area contributed by atoms with Gasteiger partial charge >= 0.3 is 0 Å². The molecule has 0 aromatic rings. The SMILES string of the molecule is CC1C(=O)CC2CC2C1=O. The molecule has 0 aromatic carbocycles. The lowest BCUT2D eigenvalue weighted by Gasteiger charge is -2.13. The number of carbonyl (C=O) groups is 2. The molecule has 0 aromatic heterocycles. The minimum absolute atomic E-state index is 0.156. The first-order valence-electron chi connectivity index (χ1n) is 3.76. The Morgan fingerprint density at radius 1 is 1.40 bits per heavy atom. The summed E-state index contributed by atoms with van der Waals surface area (Å²) < 4.78 is 0. The Morgan fingerprint density at radius 3 is 2.80 bits per heavy atom. The van der Waals surface area contributed by atoms with Crippen LogP contribution in [0.5, 0.6) is 0 Å². The van der Waals surface area contributed by atoms with Crippen LogP contribution >= 0.6 is 0 Å². The molecule has 2 rings (SSSR count). The van der Waals surface area contributed by atoms with Gasteiger partial charge in [-0.3, -0.25) is 9.59 Å². The number of Topliss-reactive ketones (excluding diaryl/α,β-unsaturated/α-hetero) is 2. The van der Waals surface area contributed by atoms with Gasteiger partial charge in [-0.15, -0.1) is 0 Å². The van der Waals surface area contributed by atoms with E-state index in [0.29, 0.717) is 12.3 Å². The van der Waals surface area contributed by atoms with Crippen LogP contribution in [0, 0.1) is 17.8 Å². The zero-order valence-corrected chi connectivity index (χ0v) is 5.96. The Hall–Kier alpha value is -0.660. The highest BCUT2D eigenvalue weighted by Crippen LogP contribution is 2.47. The number of rotatable bonds is 0. The highest BCUT2D eigenvalue weighted by Gasteiger charge is 2.50. The van der Waals surface area contributed by atoms with E-state index < -0.39 is 0 Å². The molecule has 2 aliphatic rings. The summed E-state index contributed by atoms with van der Waals surface area (Å²) in [4.78, 5) is 22.2. The molecule has 0 amide bonds. The lowest BCUT2D eigenvalue weighted by molar-refractivity contribution is -0.135. The summed E-state index contributed by atoms with van der Waals surface area (Å²) in [6.07, 6.45) is 1.65. The van der Waals surface area contributed by atoms with Crippen molar-refractivity contribution < 1.29 is 9.59 Å². The quantitative estimate of drug-likeness (QED) is 0.464. The maximum absolute atomic E-state index is 11.2. The molecule has 2 saturated carbocycles. The Bertz CT molecular complexity index is 207. The first kappa shape index (κ1) is 6.08. The third kappa shape index (κ3) is 0.648. The van der Waals surface area contributed by atoms with Gasteiger partial charge in [0.05, 0.1) is 5.92 Å². The van der Waals surface area contributed by atoms with Gasteiger partial charge in [-0.25, -0.2) is 0 Å². The molecular weight excluding hydrogens is 128 g/mol. The van der Waals surface area contributed by atoms with Gasteiger partial charge in [-0.05, 0) is 19.3 Å². The van der Waals surface area contributed by atoms with E-state index in [0.717, 1.165) is 6.42 Å². The van der Waals surface area contributed by atoms with Gasteiger partial charge < -0.3 is 0 Å². The molecule has 0 radical (unpaired) electrons. The highest BCUT2D eigenvalue weighted by atomic mass is 16.2. The van der Waals surface area contributed by atoms with Crippen molar-refractivity contribution in [2.75, 3.05) is 0 Å². The molecule has 2 fully saturated rings. The van der Waals surface area contributed by atoms with Crippen molar-refractivity contribution in [2.24, 2.45) is 17.8 Å². The van der Waals surface area contributed by atoms with Gasteiger partial charge in [0.2, 0.25) is 0 Å². The predicted molar refractivity (Wildman–Crippen MR) is 35.4 cm³/mol. The standard InChI is InChI=1S/C8H10O2/c1-4-7(9)3-5-2-6(5)8(4)10/h4-6H,2-3H2,1H3. The fourth-order valence-corrected chi connectivity index (χ4v) is 1.74. The zero-order chi connectivity index (χ0) is 7.30. The molecule has 0 spiro atoms. The van der Waals surface area contributed by atoms with E-state index in [1.54, 1.807) is 6.92 Å². The molecule has 3 atom stereocenters. The average Bonchev–Trinajstić information content (AvgIpc) is 2.62. The Labute approximate surface area is 59.6 Å². The van der Waals surface area contributed by atoms with Crippen molar-refractivity contribution in [2.45, 2.75) is 19.8 Å². The largest absolute Gasteiger partial charge is 0.299 e. The van der Waals surface area contributed by atoms with Gasteiger partial charge in [0.15, 0.2) is 0 Å². The summed E-state index contributed by atoms with van der Waals surface area (Å²) in [6.45, 7) is 1.74. The van der Waals surface area contributed by atoms with Crippen LogP contribution in [-0.4, -0.2) is 11.6 Å². The molecule has 0 heterocycles. The number of hydrogen-bond acceptors (Lipinski definition) is 2. The van der Waals surface area contributed by atoms with Crippen molar-refractivity contribution in [1.82, 2.24) is 0 Å². The summed E-state index contributed by atoms with van der Waals surface area (Å²) in [7, 11) is 0. The monoisotopic (exact) mass is 138 g/mol. The molecule has 0 N–H and O–H groups in total. The van der Waals surface area contributed by atoms with Gasteiger partial charge in [0.1, 0.15) is 11.6 Å². The molecule has 54 valence electrons. The van der Waals surface area contributed by atoms with E-state index in [4.69, 9.17) is 0 Å². The number of carbonyl (C=O) groups excluding carboxylic acids is 2. The summed E-state index contributed by atoms with van der Waals surface area (Å²) >= 11 is 0. The second-order valence-electron chi connectivity index (χ2n) is 3.40. The summed E-state index contributed by atoms with van der Waals surface area (Å²) in [6, 6.07) is 0. The van der Waals surface area contributed by atoms with Crippen molar-refractivity contribution in [3.05, 3.63) is 0 Å². The Balaban J connectivity index is 2.21. The van der Waals surface area contributed by atoms with Crippen molar-refractivity contribution in [1.29, 1.82) is 0 Å². The first-order chi connectivity index (χ1) is 4.70. The van der Waals surface area contributed by atoms with E-state index in [1.807, 2.05) is 0 Å². The van der Waals surface area contributed by atoms with Crippen molar-refractivity contribution in [3.63, 3.8) is 0 Å². The van der Waals surface area contributed by atoms with Crippen LogP contribution < -0.4 is 0 Å². The lowest BCUT2D eigenvalue weighted by atomic mass is 9.88. The zero-order valence-electron chi connectivity index (χ0n) is 5.96. The topological polar surface area (TPSA) is 34.1 Å². The fraction of sp³-hybridized carbons (Fsp3) is 0.750. The molecule has 2 nitrogen and oxygen atoms in total. The summed E-state index contributed by atoms with van der Waals surface area (Å²) in [5.41, 5.74) is 0. The highest BCUT2D eigenvalue weighted by molar-refractivity contribution is 6.07. The normalized spacial score (nSPS) is 45.1. The lowest BCUT2D eigenvalue weighted by Crippen LogP contribution is -2.27. The molecule has 10 heavy (non-hydrogen) atoms. The summed E-state index contributed by atoms with van der Waals surface area (Å²) in [5.74, 6) is 0.776.